The highest BCUT2D eigenvalue weighted by Crippen LogP contribution is 2.14. The summed E-state index contributed by atoms with van der Waals surface area (Å²) in [6.07, 6.45) is 2.81. The van der Waals surface area contributed by atoms with Crippen molar-refractivity contribution in [3.8, 4) is 5.75 Å². The fourth-order valence-corrected chi connectivity index (χ4v) is 2.13. The van der Waals surface area contributed by atoms with Crippen LogP contribution < -0.4 is 10.5 Å². The van der Waals surface area contributed by atoms with Crippen molar-refractivity contribution in [1.82, 2.24) is 4.90 Å². The molecule has 18 heavy (non-hydrogen) atoms. The molecule has 1 amide bonds. The average molecular weight is 248 g/mol. The standard InChI is InChI=1S/C14H20N2O2/c15-11-12-4-3-5-13(10-12)18-9-8-16-7-2-1-6-14(16)17/h3-5,10H,1-2,6-9,11,15H2. The normalized spacial score (nSPS) is 15.8. The van der Waals surface area contributed by atoms with Crippen molar-refractivity contribution in [2.75, 3.05) is 19.7 Å². The molecule has 0 aliphatic carbocycles. The maximum Gasteiger partial charge on any atom is 0.222 e. The van der Waals surface area contributed by atoms with E-state index in [-0.39, 0.29) is 5.91 Å². The minimum atomic E-state index is 0.251. The third kappa shape index (κ3) is 3.47. The molecule has 1 heterocycles. The van der Waals surface area contributed by atoms with Gasteiger partial charge in [-0.2, -0.15) is 0 Å². The second-order valence-electron chi connectivity index (χ2n) is 4.54. The molecule has 1 saturated heterocycles. The number of rotatable bonds is 5. The van der Waals surface area contributed by atoms with Gasteiger partial charge < -0.3 is 15.4 Å². The summed E-state index contributed by atoms with van der Waals surface area (Å²) in [6, 6.07) is 7.76. The minimum Gasteiger partial charge on any atom is -0.492 e. The van der Waals surface area contributed by atoms with E-state index in [1.54, 1.807) is 0 Å². The summed E-state index contributed by atoms with van der Waals surface area (Å²) in [5.41, 5.74) is 6.63. The molecule has 1 aliphatic heterocycles. The minimum absolute atomic E-state index is 0.251. The summed E-state index contributed by atoms with van der Waals surface area (Å²) in [4.78, 5) is 13.5. The molecule has 4 heteroatoms. The van der Waals surface area contributed by atoms with E-state index in [9.17, 15) is 4.79 Å². The van der Waals surface area contributed by atoms with E-state index in [4.69, 9.17) is 10.5 Å². The molecule has 4 nitrogen and oxygen atoms in total. The smallest absolute Gasteiger partial charge is 0.222 e. The average Bonchev–Trinajstić information content (AvgIpc) is 2.41. The molecule has 0 bridgehead atoms. The highest BCUT2D eigenvalue weighted by molar-refractivity contribution is 5.76. The Balaban J connectivity index is 1.78. The number of hydrogen-bond acceptors (Lipinski definition) is 3. The Kier molecular flexibility index (Phi) is 4.59. The second-order valence-corrected chi connectivity index (χ2v) is 4.54. The zero-order chi connectivity index (χ0) is 12.8. The second kappa shape index (κ2) is 6.40. The number of ether oxygens (including phenoxy) is 1. The predicted octanol–water partition coefficient (Wildman–Crippen LogP) is 1.54. The van der Waals surface area contributed by atoms with E-state index in [1.165, 1.54) is 0 Å². The number of carbonyl (C=O) groups excluding carboxylic acids is 1. The van der Waals surface area contributed by atoms with Crippen LogP contribution in [-0.4, -0.2) is 30.5 Å². The Morgan fingerprint density at radius 2 is 2.22 bits per heavy atom. The van der Waals surface area contributed by atoms with Crippen molar-refractivity contribution in [3.63, 3.8) is 0 Å². The predicted molar refractivity (Wildman–Crippen MR) is 70.3 cm³/mol. The summed E-state index contributed by atoms with van der Waals surface area (Å²) in [5.74, 6) is 1.07. The van der Waals surface area contributed by atoms with Gasteiger partial charge in [0.2, 0.25) is 5.91 Å². The Morgan fingerprint density at radius 3 is 3.00 bits per heavy atom. The first-order valence-electron chi connectivity index (χ1n) is 6.49. The van der Waals surface area contributed by atoms with Crippen LogP contribution >= 0.6 is 0 Å². The van der Waals surface area contributed by atoms with Gasteiger partial charge >= 0.3 is 0 Å². The van der Waals surface area contributed by atoms with Crippen molar-refractivity contribution in [1.29, 1.82) is 0 Å². The van der Waals surface area contributed by atoms with Gasteiger partial charge in [-0.25, -0.2) is 0 Å². The third-order valence-corrected chi connectivity index (χ3v) is 3.19. The molecule has 0 saturated carbocycles. The number of amides is 1. The molecule has 0 unspecified atom stereocenters. The first kappa shape index (κ1) is 12.9. The van der Waals surface area contributed by atoms with E-state index in [0.717, 1.165) is 30.7 Å². The van der Waals surface area contributed by atoms with Crippen LogP contribution in [-0.2, 0) is 11.3 Å². The fourth-order valence-electron chi connectivity index (χ4n) is 2.13. The van der Waals surface area contributed by atoms with Gasteiger partial charge in [-0.15, -0.1) is 0 Å². The first-order valence-corrected chi connectivity index (χ1v) is 6.49. The number of carbonyl (C=O) groups is 1. The Labute approximate surface area is 108 Å². The van der Waals surface area contributed by atoms with Crippen molar-refractivity contribution in [3.05, 3.63) is 29.8 Å². The number of nitrogens with zero attached hydrogens (tertiary/aromatic N) is 1. The van der Waals surface area contributed by atoms with Gasteiger partial charge in [-0.3, -0.25) is 4.79 Å². The van der Waals surface area contributed by atoms with Gasteiger partial charge in [0.1, 0.15) is 12.4 Å². The first-order chi connectivity index (χ1) is 8.79. The van der Waals surface area contributed by atoms with Crippen molar-refractivity contribution in [2.45, 2.75) is 25.8 Å². The molecule has 98 valence electrons. The summed E-state index contributed by atoms with van der Waals surface area (Å²) in [7, 11) is 0. The van der Waals surface area contributed by atoms with Gasteiger partial charge in [0.25, 0.3) is 0 Å². The Morgan fingerprint density at radius 1 is 1.33 bits per heavy atom. The van der Waals surface area contributed by atoms with Gasteiger partial charge in [0.05, 0.1) is 6.54 Å². The lowest BCUT2D eigenvalue weighted by atomic mass is 10.1. The van der Waals surface area contributed by atoms with Crippen LogP contribution in [0.25, 0.3) is 0 Å². The van der Waals surface area contributed by atoms with Crippen LogP contribution in [0.1, 0.15) is 24.8 Å². The molecule has 1 aromatic carbocycles. The molecule has 0 aromatic heterocycles. The highest BCUT2D eigenvalue weighted by atomic mass is 16.5. The van der Waals surface area contributed by atoms with Crippen molar-refractivity contribution < 1.29 is 9.53 Å². The van der Waals surface area contributed by atoms with E-state index in [0.29, 0.717) is 26.1 Å². The molecule has 1 fully saturated rings. The van der Waals surface area contributed by atoms with E-state index >= 15 is 0 Å². The van der Waals surface area contributed by atoms with Gasteiger partial charge in [-0.1, -0.05) is 12.1 Å². The summed E-state index contributed by atoms with van der Waals surface area (Å²) < 4.78 is 5.65. The van der Waals surface area contributed by atoms with Gasteiger partial charge in [0, 0.05) is 19.5 Å². The number of nitrogens with two attached hydrogens (primary N) is 1. The van der Waals surface area contributed by atoms with Crippen LogP contribution in [0.3, 0.4) is 0 Å². The molecule has 1 aromatic rings. The zero-order valence-electron chi connectivity index (χ0n) is 10.6. The zero-order valence-corrected chi connectivity index (χ0v) is 10.6. The highest BCUT2D eigenvalue weighted by Gasteiger charge is 2.17. The van der Waals surface area contributed by atoms with Crippen molar-refractivity contribution >= 4 is 5.91 Å². The van der Waals surface area contributed by atoms with E-state index in [2.05, 4.69) is 0 Å². The topological polar surface area (TPSA) is 55.6 Å². The van der Waals surface area contributed by atoms with Gasteiger partial charge in [-0.05, 0) is 30.5 Å². The lowest BCUT2D eigenvalue weighted by molar-refractivity contribution is -0.133. The molecule has 2 rings (SSSR count). The third-order valence-electron chi connectivity index (χ3n) is 3.19. The number of piperidine rings is 1. The summed E-state index contributed by atoms with van der Waals surface area (Å²) in [5, 5.41) is 0. The van der Waals surface area contributed by atoms with Crippen molar-refractivity contribution in [2.24, 2.45) is 5.73 Å². The molecule has 0 radical (unpaired) electrons. The number of hydrogen-bond donors (Lipinski definition) is 1. The summed E-state index contributed by atoms with van der Waals surface area (Å²) in [6.45, 7) is 2.60. The maximum atomic E-state index is 11.6. The molecule has 0 atom stereocenters. The lowest BCUT2D eigenvalue weighted by Crippen LogP contribution is -2.38. The van der Waals surface area contributed by atoms with Crippen LogP contribution in [0.2, 0.25) is 0 Å². The van der Waals surface area contributed by atoms with Crippen LogP contribution in [0.15, 0.2) is 24.3 Å². The number of benzene rings is 1. The van der Waals surface area contributed by atoms with Crippen LogP contribution in [0.4, 0.5) is 0 Å². The lowest BCUT2D eigenvalue weighted by Gasteiger charge is -2.26. The van der Waals surface area contributed by atoms with E-state index in [1.807, 2.05) is 29.2 Å². The molecular weight excluding hydrogens is 228 g/mol. The van der Waals surface area contributed by atoms with Crippen LogP contribution in [0, 0.1) is 0 Å². The Hall–Kier alpha value is -1.55. The molecule has 2 N–H and O–H groups in total. The SMILES string of the molecule is NCc1cccc(OCCN2CCCCC2=O)c1. The Bertz CT molecular complexity index is 407. The monoisotopic (exact) mass is 248 g/mol. The summed E-state index contributed by atoms with van der Waals surface area (Å²) >= 11 is 0. The molecule has 1 aliphatic rings. The number of likely N-dealkylation sites (tertiary alicyclic amines) is 1. The largest absolute Gasteiger partial charge is 0.492 e. The fraction of sp³-hybridized carbons (Fsp3) is 0.500. The molecular formula is C14H20N2O2. The van der Waals surface area contributed by atoms with E-state index < -0.39 is 0 Å². The maximum absolute atomic E-state index is 11.6. The van der Waals surface area contributed by atoms with Crippen LogP contribution in [0.5, 0.6) is 5.75 Å². The molecule has 0 spiro atoms. The quantitative estimate of drug-likeness (QED) is 0.860. The van der Waals surface area contributed by atoms with Gasteiger partial charge in [0.15, 0.2) is 0 Å².